The largest absolute Gasteiger partial charge is 0.494 e. The van der Waals surface area contributed by atoms with Crippen LogP contribution in [0.25, 0.3) is 0 Å². The third-order valence-corrected chi connectivity index (χ3v) is 8.47. The Morgan fingerprint density at radius 2 is 1.65 bits per heavy atom. The molecule has 9 heteroatoms. The molecule has 0 aromatic heterocycles. The predicted octanol–water partition coefficient (Wildman–Crippen LogP) is 6.97. The van der Waals surface area contributed by atoms with Gasteiger partial charge in [-0.1, -0.05) is 74.3 Å². The van der Waals surface area contributed by atoms with Crippen molar-refractivity contribution in [2.24, 2.45) is 4.99 Å². The summed E-state index contributed by atoms with van der Waals surface area (Å²) in [5, 5.41) is 12.1. The van der Waals surface area contributed by atoms with Crippen LogP contribution < -0.4 is 10.1 Å². The summed E-state index contributed by atoms with van der Waals surface area (Å²) in [4.78, 5) is 19.4. The molecule has 0 saturated carbocycles. The van der Waals surface area contributed by atoms with Crippen molar-refractivity contribution in [1.29, 1.82) is 0 Å². The second-order valence-electron chi connectivity index (χ2n) is 10.2. The van der Waals surface area contributed by atoms with Gasteiger partial charge in [0.25, 0.3) is 5.91 Å². The molecule has 1 aliphatic heterocycles. The fourth-order valence-electron chi connectivity index (χ4n) is 4.98. The Morgan fingerprint density at radius 1 is 0.953 bits per heavy atom. The van der Waals surface area contributed by atoms with E-state index in [-0.39, 0.29) is 18.3 Å². The summed E-state index contributed by atoms with van der Waals surface area (Å²) in [6.45, 7) is 0.817. The highest BCUT2D eigenvalue weighted by atomic mass is 79.9. The first-order chi connectivity index (χ1) is 20.9. The van der Waals surface area contributed by atoms with Crippen LogP contribution in [0.5, 0.6) is 5.75 Å². The molecular weight excluding hydrogens is 679 g/mol. The summed E-state index contributed by atoms with van der Waals surface area (Å²) in [5.41, 5.74) is 2.03. The van der Waals surface area contributed by atoms with Crippen LogP contribution in [0.2, 0.25) is 0 Å². The maximum absolute atomic E-state index is 14.3. The van der Waals surface area contributed by atoms with Gasteiger partial charge in [-0.05, 0) is 72.1 Å². The lowest BCUT2D eigenvalue weighted by molar-refractivity contribution is -0.128. The zero-order valence-electron chi connectivity index (χ0n) is 23.3. The highest BCUT2D eigenvalue weighted by Gasteiger charge is 2.53. The van der Waals surface area contributed by atoms with Crippen LogP contribution in [0.4, 0.5) is 4.39 Å². The van der Waals surface area contributed by atoms with Crippen molar-refractivity contribution in [3.05, 3.63) is 134 Å². The SMILES string of the molecule is O=C(NCCc1ccc(F)cc1)[C@]1(Cc2ccc(Br)cc2)N=C(c2ccc(OCCCO)cc2)O[C@@H]1c1ccccc1Br. The van der Waals surface area contributed by atoms with Crippen molar-refractivity contribution in [2.45, 2.75) is 30.9 Å². The Morgan fingerprint density at radius 3 is 2.35 bits per heavy atom. The van der Waals surface area contributed by atoms with E-state index in [2.05, 4.69) is 37.2 Å². The van der Waals surface area contributed by atoms with Crippen LogP contribution in [-0.2, 0) is 22.4 Å². The number of hydrogen-bond acceptors (Lipinski definition) is 5. The van der Waals surface area contributed by atoms with Crippen LogP contribution in [-0.4, -0.2) is 42.2 Å². The number of halogens is 3. The zero-order chi connectivity index (χ0) is 30.2. The topological polar surface area (TPSA) is 80.2 Å². The number of hydrogen-bond donors (Lipinski definition) is 2. The molecule has 0 radical (unpaired) electrons. The van der Waals surface area contributed by atoms with E-state index in [0.29, 0.717) is 49.6 Å². The van der Waals surface area contributed by atoms with Gasteiger partial charge in [-0.2, -0.15) is 0 Å². The molecule has 0 unspecified atom stereocenters. The van der Waals surface area contributed by atoms with E-state index in [9.17, 15) is 9.18 Å². The number of nitrogens with one attached hydrogen (secondary N) is 1. The monoisotopic (exact) mass is 708 g/mol. The van der Waals surface area contributed by atoms with Gasteiger partial charge in [0.1, 0.15) is 11.6 Å². The standard InChI is InChI=1S/C34H31Br2FN2O4/c35-26-12-6-24(7-13-26)22-34(33(41)38-19-18-23-8-14-27(37)15-9-23)31(29-4-1-2-5-30(29)36)43-32(39-34)25-10-16-28(17-11-25)42-21-3-20-40/h1-2,4-17,31,40H,3,18-22H2,(H,38,41)/t31-,34-/m1/s1. The molecule has 1 heterocycles. The molecule has 222 valence electrons. The van der Waals surface area contributed by atoms with Crippen molar-refractivity contribution < 1.29 is 23.8 Å². The second-order valence-corrected chi connectivity index (χ2v) is 12.0. The van der Waals surface area contributed by atoms with Crippen molar-refractivity contribution in [3.8, 4) is 5.75 Å². The molecule has 4 aromatic rings. The van der Waals surface area contributed by atoms with Crippen LogP contribution in [0.15, 0.2) is 111 Å². The molecule has 0 aliphatic carbocycles. The first-order valence-electron chi connectivity index (χ1n) is 14.0. The molecule has 6 nitrogen and oxygen atoms in total. The normalized spacial score (nSPS) is 17.7. The number of rotatable bonds is 12. The Labute approximate surface area is 267 Å². The molecule has 1 amide bonds. The lowest BCUT2D eigenvalue weighted by Crippen LogP contribution is -2.50. The van der Waals surface area contributed by atoms with Gasteiger partial charge in [-0.15, -0.1) is 0 Å². The van der Waals surface area contributed by atoms with Gasteiger partial charge in [0.15, 0.2) is 11.6 Å². The lowest BCUT2D eigenvalue weighted by atomic mass is 9.82. The molecular formula is C34H31Br2FN2O4. The minimum absolute atomic E-state index is 0.0611. The molecule has 2 N–H and O–H groups in total. The molecule has 2 atom stereocenters. The number of carbonyl (C=O) groups is 1. The van der Waals surface area contributed by atoms with Gasteiger partial charge in [-0.25, -0.2) is 9.38 Å². The lowest BCUT2D eigenvalue weighted by Gasteiger charge is -2.31. The first-order valence-corrected chi connectivity index (χ1v) is 15.6. The Hall–Kier alpha value is -3.53. The van der Waals surface area contributed by atoms with E-state index >= 15 is 0 Å². The smallest absolute Gasteiger partial charge is 0.252 e. The van der Waals surface area contributed by atoms with Crippen LogP contribution >= 0.6 is 31.9 Å². The Balaban J connectivity index is 1.51. The molecule has 0 spiro atoms. The predicted molar refractivity (Wildman–Crippen MR) is 172 cm³/mol. The summed E-state index contributed by atoms with van der Waals surface area (Å²) in [6, 6.07) is 29.1. The number of benzene rings is 4. The maximum atomic E-state index is 14.3. The quantitative estimate of drug-likeness (QED) is 0.156. The highest BCUT2D eigenvalue weighted by Crippen LogP contribution is 2.44. The van der Waals surface area contributed by atoms with Crippen molar-refractivity contribution in [3.63, 3.8) is 0 Å². The summed E-state index contributed by atoms with van der Waals surface area (Å²) < 4.78 is 27.4. The number of aliphatic hydroxyl groups excluding tert-OH is 1. The van der Waals surface area contributed by atoms with E-state index in [1.807, 2.05) is 72.8 Å². The molecule has 5 rings (SSSR count). The molecule has 1 aliphatic rings. The number of ether oxygens (including phenoxy) is 2. The van der Waals surface area contributed by atoms with Crippen LogP contribution in [0.3, 0.4) is 0 Å². The third kappa shape index (κ3) is 7.52. The average Bonchev–Trinajstić information content (AvgIpc) is 3.40. The zero-order valence-corrected chi connectivity index (χ0v) is 26.5. The van der Waals surface area contributed by atoms with Crippen LogP contribution in [0.1, 0.15) is 34.8 Å². The molecule has 4 aromatic carbocycles. The highest BCUT2D eigenvalue weighted by molar-refractivity contribution is 9.10. The van der Waals surface area contributed by atoms with Crippen LogP contribution in [0, 0.1) is 5.82 Å². The number of aliphatic imine (C=N–C) groups is 1. The summed E-state index contributed by atoms with van der Waals surface area (Å²) >= 11 is 7.17. The average molecular weight is 710 g/mol. The van der Waals surface area contributed by atoms with Crippen molar-refractivity contribution in [2.75, 3.05) is 19.8 Å². The molecule has 0 saturated heterocycles. The number of amides is 1. The van der Waals surface area contributed by atoms with Gasteiger partial charge in [0.05, 0.1) is 6.61 Å². The van der Waals surface area contributed by atoms with E-state index in [1.165, 1.54) is 12.1 Å². The molecule has 0 bridgehead atoms. The first kappa shape index (κ1) is 30.9. The number of carbonyl (C=O) groups excluding carboxylic acids is 1. The van der Waals surface area contributed by atoms with E-state index in [0.717, 1.165) is 25.6 Å². The second kappa shape index (κ2) is 14.3. The number of aliphatic hydroxyl groups is 1. The molecule has 0 fully saturated rings. The van der Waals surface area contributed by atoms with Gasteiger partial charge >= 0.3 is 0 Å². The minimum atomic E-state index is -1.33. The Kier molecular flexibility index (Phi) is 10.3. The van der Waals surface area contributed by atoms with E-state index in [1.54, 1.807) is 12.1 Å². The fraction of sp³-hybridized carbons (Fsp3) is 0.235. The van der Waals surface area contributed by atoms with Crippen molar-refractivity contribution >= 4 is 43.7 Å². The summed E-state index contributed by atoms with van der Waals surface area (Å²) in [5.74, 6) is 0.454. The third-order valence-electron chi connectivity index (χ3n) is 7.22. The van der Waals surface area contributed by atoms with Gasteiger partial charge in [-0.3, -0.25) is 4.79 Å². The summed E-state index contributed by atoms with van der Waals surface area (Å²) in [6.07, 6.45) is 0.642. The van der Waals surface area contributed by atoms with Gasteiger partial charge < -0.3 is 19.9 Å². The van der Waals surface area contributed by atoms with Gasteiger partial charge in [0.2, 0.25) is 5.90 Å². The Bertz CT molecular complexity index is 1560. The maximum Gasteiger partial charge on any atom is 0.252 e. The summed E-state index contributed by atoms with van der Waals surface area (Å²) in [7, 11) is 0. The molecule has 43 heavy (non-hydrogen) atoms. The van der Waals surface area contributed by atoms with E-state index < -0.39 is 11.6 Å². The van der Waals surface area contributed by atoms with Gasteiger partial charge in [0, 0.05) is 46.1 Å². The fourth-order valence-corrected chi connectivity index (χ4v) is 5.74. The number of nitrogens with zero attached hydrogens (tertiary/aromatic N) is 1. The minimum Gasteiger partial charge on any atom is -0.494 e. The van der Waals surface area contributed by atoms with Crippen molar-refractivity contribution in [1.82, 2.24) is 5.32 Å². The van der Waals surface area contributed by atoms with E-state index in [4.69, 9.17) is 19.6 Å².